The molecule has 6 bridgehead atoms. The number of aliphatic hydroxyl groups excluding tert-OH is 2. The predicted octanol–water partition coefficient (Wildman–Crippen LogP) is 4.45. The van der Waals surface area contributed by atoms with Crippen LogP contribution >= 0.6 is 21.6 Å². The van der Waals surface area contributed by atoms with Gasteiger partial charge in [0.2, 0.25) is 0 Å². The highest BCUT2D eigenvalue weighted by Crippen LogP contribution is 2.82. The molecular formula is C29H45N3O3S2. The van der Waals surface area contributed by atoms with Crippen molar-refractivity contribution >= 4 is 33.3 Å². The number of nitrogens with one attached hydrogen (secondary N) is 1. The molecule has 6 nitrogen and oxygen atoms in total. The average Bonchev–Trinajstić information content (AvgIpc) is 3.19. The van der Waals surface area contributed by atoms with Crippen LogP contribution in [0.25, 0.3) is 0 Å². The number of nitrogens with zero attached hydrogens (tertiary/aromatic N) is 1. The molecular weight excluding hydrogens is 502 g/mol. The fraction of sp³-hybridized carbons (Fsp3) is 0.862. The number of rotatable bonds is 5. The monoisotopic (exact) mass is 547 g/mol. The number of Topliss-reactive ketones (excluding diaryl/α,β-unsaturated/α-hetero) is 1. The first-order valence-electron chi connectivity index (χ1n) is 14.7. The van der Waals surface area contributed by atoms with Crippen molar-refractivity contribution in [3.05, 3.63) is 11.1 Å². The normalized spacial score (nSPS) is 45.3. The lowest BCUT2D eigenvalue weighted by molar-refractivity contribution is -0.160. The van der Waals surface area contributed by atoms with Crippen LogP contribution in [0.15, 0.2) is 16.1 Å². The van der Waals surface area contributed by atoms with Crippen LogP contribution in [0.4, 0.5) is 0 Å². The molecule has 0 saturated heterocycles. The first kappa shape index (κ1) is 26.5. The van der Waals surface area contributed by atoms with Crippen molar-refractivity contribution in [1.29, 1.82) is 0 Å². The zero-order valence-electron chi connectivity index (χ0n) is 22.4. The topological polar surface area (TPSA) is 108 Å². The first-order valence-corrected chi connectivity index (χ1v) is 17.1. The van der Waals surface area contributed by atoms with Gasteiger partial charge >= 0.3 is 0 Å². The number of hydrogen-bond acceptors (Lipinski definition) is 8. The number of carbonyl (C=O) groups is 1. The highest BCUT2D eigenvalue weighted by molar-refractivity contribution is 8.76. The molecule has 0 unspecified atom stereocenters. The van der Waals surface area contributed by atoms with Crippen LogP contribution in [0.3, 0.4) is 0 Å². The summed E-state index contributed by atoms with van der Waals surface area (Å²) in [5.74, 6) is 4.51. The van der Waals surface area contributed by atoms with E-state index in [0.29, 0.717) is 35.9 Å². The SMILES string of the molecule is C[C@]12CCSSC[C@]3(CCCC4=C5[C@H]6CC[C@](CO)(C[C@H]61)[C@@H](CCCCO)[C@@]52CC4=O)CCN=C(N)N3. The summed E-state index contributed by atoms with van der Waals surface area (Å²) in [5, 5.41) is 24.0. The Hall–Kier alpha value is -0.700. The van der Waals surface area contributed by atoms with Crippen LogP contribution in [-0.2, 0) is 4.79 Å². The van der Waals surface area contributed by atoms with Gasteiger partial charge in [0, 0.05) is 43.1 Å². The Labute approximate surface area is 229 Å². The van der Waals surface area contributed by atoms with Crippen LogP contribution in [-0.4, -0.2) is 58.8 Å². The van der Waals surface area contributed by atoms with E-state index in [4.69, 9.17) is 5.73 Å². The predicted molar refractivity (Wildman–Crippen MR) is 152 cm³/mol. The van der Waals surface area contributed by atoms with Crippen molar-refractivity contribution < 1.29 is 15.0 Å². The van der Waals surface area contributed by atoms with Crippen molar-refractivity contribution in [2.24, 2.45) is 44.7 Å². The molecule has 0 aromatic rings. The molecule has 4 aliphatic carbocycles. The Morgan fingerprint density at radius 1 is 1.16 bits per heavy atom. The number of allylic oxidation sites excluding steroid dienone is 2. The molecule has 3 fully saturated rings. The maximum absolute atomic E-state index is 14.0. The molecule has 2 aliphatic heterocycles. The third kappa shape index (κ3) is 3.81. The molecule has 6 aliphatic rings. The first-order chi connectivity index (χ1) is 17.8. The van der Waals surface area contributed by atoms with E-state index in [2.05, 4.69) is 17.2 Å². The lowest BCUT2D eigenvalue weighted by Crippen LogP contribution is -2.58. The third-order valence-corrected chi connectivity index (χ3v) is 14.4. The van der Waals surface area contributed by atoms with Crippen molar-refractivity contribution in [1.82, 2.24) is 5.32 Å². The number of nitrogens with two attached hydrogens (primary N) is 1. The van der Waals surface area contributed by atoms with Crippen LogP contribution in [0.1, 0.15) is 84.0 Å². The van der Waals surface area contributed by atoms with Crippen LogP contribution in [0, 0.1) is 34.0 Å². The molecule has 0 aromatic carbocycles. The molecule has 3 saturated carbocycles. The van der Waals surface area contributed by atoms with Crippen LogP contribution in [0.5, 0.6) is 0 Å². The number of fused-ring (bicyclic) bond motifs is 1. The van der Waals surface area contributed by atoms with Crippen molar-refractivity contribution in [3.63, 3.8) is 0 Å². The quantitative estimate of drug-likeness (QED) is 0.297. The maximum atomic E-state index is 14.0. The summed E-state index contributed by atoms with van der Waals surface area (Å²) in [6.45, 7) is 3.78. The van der Waals surface area contributed by atoms with Gasteiger partial charge in [0.15, 0.2) is 11.7 Å². The van der Waals surface area contributed by atoms with E-state index in [0.717, 1.165) is 88.7 Å². The highest BCUT2D eigenvalue weighted by atomic mass is 33.1. The van der Waals surface area contributed by atoms with E-state index in [-0.39, 0.29) is 35.0 Å². The standard InChI is InChI=1S/C29H45N3O3S2/c1-26-11-14-36-37-18-28(10-12-31-25(30)32-28)8-4-5-20-22(35)16-29(26)23(6-2-3-13-33)27(17-34)9-7-19(24(20)29)21(26)15-27/h19,21,23,33-34H,2-18H2,1H3,(H3,30,31,32)/t19-,21+,23+,26-,27+,28-,29-/m0/s1. The number of guanidine groups is 1. The van der Waals surface area contributed by atoms with Gasteiger partial charge in [0.1, 0.15) is 0 Å². The molecule has 2 heterocycles. The lowest BCUT2D eigenvalue weighted by atomic mass is 9.41. The van der Waals surface area contributed by atoms with Gasteiger partial charge < -0.3 is 21.3 Å². The Morgan fingerprint density at radius 2 is 2.03 bits per heavy atom. The van der Waals surface area contributed by atoms with E-state index in [1.807, 2.05) is 21.6 Å². The van der Waals surface area contributed by atoms with Gasteiger partial charge in [0.25, 0.3) is 0 Å². The smallest absolute Gasteiger partial charge is 0.189 e. The molecule has 5 N–H and O–H groups in total. The molecule has 7 atom stereocenters. The number of ketones is 1. The minimum atomic E-state index is -0.0984. The fourth-order valence-electron chi connectivity index (χ4n) is 10.3. The Morgan fingerprint density at radius 3 is 2.81 bits per heavy atom. The molecule has 8 heteroatoms. The van der Waals surface area contributed by atoms with Crippen LogP contribution in [0.2, 0.25) is 0 Å². The van der Waals surface area contributed by atoms with E-state index in [9.17, 15) is 15.0 Å². The Balaban J connectivity index is 1.42. The van der Waals surface area contributed by atoms with Crippen molar-refractivity contribution in [2.45, 2.75) is 89.5 Å². The second-order valence-corrected chi connectivity index (χ2v) is 15.8. The second-order valence-electron chi connectivity index (χ2n) is 13.2. The van der Waals surface area contributed by atoms with E-state index < -0.39 is 0 Å². The number of aliphatic imine (C=N–C) groups is 1. The minimum absolute atomic E-state index is 0.0346. The van der Waals surface area contributed by atoms with Crippen molar-refractivity contribution in [3.8, 4) is 0 Å². The van der Waals surface area contributed by atoms with Gasteiger partial charge in [0.05, 0.1) is 5.54 Å². The second kappa shape index (κ2) is 9.74. The van der Waals surface area contributed by atoms with Gasteiger partial charge in [-0.15, -0.1) is 0 Å². The molecule has 0 radical (unpaired) electrons. The summed E-state index contributed by atoms with van der Waals surface area (Å²) in [6.07, 6.45) is 11.8. The van der Waals surface area contributed by atoms with Gasteiger partial charge in [-0.05, 0) is 98.4 Å². The summed E-state index contributed by atoms with van der Waals surface area (Å²) in [7, 11) is 3.99. The summed E-state index contributed by atoms with van der Waals surface area (Å²) < 4.78 is 0. The minimum Gasteiger partial charge on any atom is -0.396 e. The number of aliphatic hydroxyl groups is 2. The molecule has 0 aromatic heterocycles. The molecule has 2 spiro atoms. The van der Waals surface area contributed by atoms with Gasteiger partial charge in [-0.25, -0.2) is 0 Å². The van der Waals surface area contributed by atoms with E-state index in [1.54, 1.807) is 5.57 Å². The average molecular weight is 548 g/mol. The highest BCUT2D eigenvalue weighted by Gasteiger charge is 2.77. The van der Waals surface area contributed by atoms with Crippen molar-refractivity contribution in [2.75, 3.05) is 31.3 Å². The summed E-state index contributed by atoms with van der Waals surface area (Å²) in [5.41, 5.74) is 8.78. The van der Waals surface area contributed by atoms with E-state index >= 15 is 0 Å². The Kier molecular flexibility index (Phi) is 6.98. The van der Waals surface area contributed by atoms with Gasteiger partial charge in [-0.2, -0.15) is 0 Å². The largest absolute Gasteiger partial charge is 0.396 e. The molecule has 37 heavy (non-hydrogen) atoms. The summed E-state index contributed by atoms with van der Waals surface area (Å²) in [6, 6.07) is 0. The summed E-state index contributed by atoms with van der Waals surface area (Å²) in [4.78, 5) is 18.4. The summed E-state index contributed by atoms with van der Waals surface area (Å²) >= 11 is 0. The van der Waals surface area contributed by atoms with E-state index in [1.165, 1.54) is 5.57 Å². The molecule has 6 rings (SSSR count). The maximum Gasteiger partial charge on any atom is 0.189 e. The molecule has 206 valence electrons. The number of hydrogen-bond donors (Lipinski definition) is 4. The zero-order chi connectivity index (χ0) is 25.9. The number of carbonyl (C=O) groups excluding carboxylic acids is 1. The van der Waals surface area contributed by atoms with Crippen LogP contribution < -0.4 is 11.1 Å². The number of unbranched alkanes of at least 4 members (excludes halogenated alkanes) is 1. The van der Waals surface area contributed by atoms with Gasteiger partial charge in [-0.3, -0.25) is 9.79 Å². The third-order valence-electron chi connectivity index (χ3n) is 11.9. The van der Waals surface area contributed by atoms with Gasteiger partial charge in [-0.1, -0.05) is 40.5 Å². The lowest BCUT2D eigenvalue weighted by Gasteiger charge is -2.62. The molecule has 0 amide bonds. The fourth-order valence-corrected chi connectivity index (χ4v) is 13.1. The zero-order valence-corrected chi connectivity index (χ0v) is 24.0. The Bertz CT molecular complexity index is 1000.